The van der Waals surface area contributed by atoms with Crippen LogP contribution in [0.4, 0.5) is 22.0 Å². The molecule has 186 valence electrons. The van der Waals surface area contributed by atoms with E-state index in [9.17, 15) is 26.7 Å². The highest BCUT2D eigenvalue weighted by Crippen LogP contribution is 2.41. The number of hydrogen-bond donors (Lipinski definition) is 1. The number of benzene rings is 2. The van der Waals surface area contributed by atoms with Gasteiger partial charge < -0.3 is 13.8 Å². The summed E-state index contributed by atoms with van der Waals surface area (Å²) in [5, 5.41) is 2.66. The fourth-order valence-electron chi connectivity index (χ4n) is 2.93. The first kappa shape index (κ1) is 26.2. The maximum absolute atomic E-state index is 14.1. The summed E-state index contributed by atoms with van der Waals surface area (Å²) < 4.78 is 84.7. The molecule has 34 heavy (non-hydrogen) atoms. The lowest BCUT2D eigenvalue weighted by molar-refractivity contribution is -0.152. The fraction of sp³-hybridized carbons (Fsp3) is 0.435. The molecule has 1 aliphatic carbocycles. The van der Waals surface area contributed by atoms with Crippen molar-refractivity contribution in [2.24, 2.45) is 0 Å². The molecule has 11 heteroatoms. The predicted molar refractivity (Wildman–Crippen MR) is 116 cm³/mol. The van der Waals surface area contributed by atoms with Crippen LogP contribution in [0, 0.1) is 29.1 Å². The van der Waals surface area contributed by atoms with Crippen molar-refractivity contribution in [2.45, 2.75) is 58.0 Å². The quantitative estimate of drug-likeness (QED) is 0.140. The Morgan fingerprint density at radius 3 is 2.00 bits per heavy atom. The Morgan fingerprint density at radius 1 is 0.941 bits per heavy atom. The number of carbonyl (C=O) groups excluding carboxylic acids is 1. The third kappa shape index (κ3) is 6.36. The van der Waals surface area contributed by atoms with Crippen LogP contribution in [0.15, 0.2) is 24.3 Å². The Balaban J connectivity index is 1.75. The number of hydrogen-bond acceptors (Lipinski definition) is 5. The summed E-state index contributed by atoms with van der Waals surface area (Å²) in [7, 11) is -2.45. The van der Waals surface area contributed by atoms with Gasteiger partial charge in [0.15, 0.2) is 0 Å². The lowest BCUT2D eigenvalue weighted by Crippen LogP contribution is -2.27. The maximum Gasteiger partial charge on any atom is 0.381 e. The van der Waals surface area contributed by atoms with E-state index in [-0.39, 0.29) is 30.2 Å². The number of carbonyl (C=O) groups is 1. The summed E-state index contributed by atoms with van der Waals surface area (Å²) >= 11 is 0. The molecule has 0 radical (unpaired) electrons. The molecule has 5 nitrogen and oxygen atoms in total. The molecule has 1 unspecified atom stereocenters. The lowest BCUT2D eigenvalue weighted by Gasteiger charge is -2.25. The van der Waals surface area contributed by atoms with Crippen LogP contribution in [0.3, 0.4) is 0 Å². The van der Waals surface area contributed by atoms with E-state index >= 15 is 0 Å². The number of ether oxygens (including phenoxy) is 1. The Hall–Kier alpha value is -2.45. The van der Waals surface area contributed by atoms with Gasteiger partial charge in [0.05, 0.1) is 6.42 Å². The highest BCUT2D eigenvalue weighted by molar-refractivity contribution is 7.45. The molecule has 0 heterocycles. The zero-order valence-electron chi connectivity index (χ0n) is 18.9. The lowest BCUT2D eigenvalue weighted by atomic mass is 9.87. The van der Waals surface area contributed by atoms with Gasteiger partial charge in [-0.25, -0.2) is 18.3 Å². The van der Waals surface area contributed by atoms with Gasteiger partial charge in [-0.05, 0) is 42.4 Å². The molecule has 0 aliphatic heterocycles. The highest BCUT2D eigenvalue weighted by atomic mass is 31.2. The smallest absolute Gasteiger partial charge is 0.381 e. The minimum atomic E-state index is -2.45. The molecule has 0 spiro atoms. The highest BCUT2D eigenvalue weighted by Gasteiger charge is 2.30. The van der Waals surface area contributed by atoms with E-state index in [2.05, 4.69) is 5.09 Å². The zero-order chi connectivity index (χ0) is 25.0. The summed E-state index contributed by atoms with van der Waals surface area (Å²) in [4.78, 5) is 11.9. The Kier molecular flexibility index (Phi) is 8.36. The topological polar surface area (TPSA) is 56.8 Å². The minimum absolute atomic E-state index is 0.0767. The van der Waals surface area contributed by atoms with Gasteiger partial charge in [-0.1, -0.05) is 32.9 Å². The second-order valence-corrected chi connectivity index (χ2v) is 10.0. The number of rotatable bonds is 9. The molecule has 0 amide bonds. The van der Waals surface area contributed by atoms with E-state index in [1.165, 1.54) is 0 Å². The molecule has 3 rings (SSSR count). The minimum Gasteiger partial charge on any atom is -0.462 e. The molecule has 0 aromatic heterocycles. The van der Waals surface area contributed by atoms with Crippen LogP contribution >= 0.6 is 8.53 Å². The van der Waals surface area contributed by atoms with Crippen molar-refractivity contribution in [1.29, 1.82) is 0 Å². The molecule has 1 N–H and O–H groups in total. The molecular weight excluding hydrogens is 480 g/mol. The molecular formula is C23H25F5NO4P. The van der Waals surface area contributed by atoms with Gasteiger partial charge in [-0.3, -0.25) is 4.79 Å². The SMILES string of the molecule is CC(C)(C)c1ccc(OP(NCCC(=O)OC2CCC2)Oc2c(F)c(F)c(F)c(F)c2F)cc1. The van der Waals surface area contributed by atoms with Crippen molar-refractivity contribution in [3.63, 3.8) is 0 Å². The van der Waals surface area contributed by atoms with Crippen LogP contribution in [0.1, 0.15) is 52.0 Å². The maximum atomic E-state index is 14.1. The number of nitrogens with one attached hydrogen (secondary N) is 1. The van der Waals surface area contributed by atoms with Gasteiger partial charge in [-0.2, -0.15) is 8.78 Å². The third-order valence-electron chi connectivity index (χ3n) is 5.17. The van der Waals surface area contributed by atoms with Crippen molar-refractivity contribution in [1.82, 2.24) is 5.09 Å². The normalized spacial score (nSPS) is 14.9. The van der Waals surface area contributed by atoms with Crippen LogP contribution in [-0.4, -0.2) is 18.6 Å². The predicted octanol–water partition coefficient (Wildman–Crippen LogP) is 6.44. The zero-order valence-corrected chi connectivity index (χ0v) is 19.8. The van der Waals surface area contributed by atoms with Gasteiger partial charge >= 0.3 is 14.5 Å². The van der Waals surface area contributed by atoms with Crippen LogP contribution in [0.2, 0.25) is 0 Å². The van der Waals surface area contributed by atoms with Crippen molar-refractivity contribution in [2.75, 3.05) is 6.54 Å². The summed E-state index contributed by atoms with van der Waals surface area (Å²) in [6.07, 6.45) is 2.35. The molecule has 1 saturated carbocycles. The van der Waals surface area contributed by atoms with E-state index in [4.69, 9.17) is 13.8 Å². The molecule has 2 aromatic rings. The molecule has 1 aliphatic rings. The standard InChI is InChI=1S/C23H25F5NO4P/c1-23(2,3)13-7-9-15(10-8-13)32-34(29-12-11-16(30)31-14-5-4-6-14)33-22-20(27)18(25)17(24)19(26)21(22)28/h7-10,14,29H,4-6,11-12H2,1-3H3. The first-order valence-electron chi connectivity index (χ1n) is 10.7. The van der Waals surface area contributed by atoms with Gasteiger partial charge in [0.1, 0.15) is 11.9 Å². The van der Waals surface area contributed by atoms with Crippen molar-refractivity contribution in [3.8, 4) is 11.5 Å². The van der Waals surface area contributed by atoms with Gasteiger partial charge in [0.2, 0.25) is 34.8 Å². The van der Waals surface area contributed by atoms with Gasteiger partial charge in [0.25, 0.3) is 0 Å². The second kappa shape index (κ2) is 10.9. The summed E-state index contributed by atoms with van der Waals surface area (Å²) in [6.45, 7) is 5.94. The average Bonchev–Trinajstić information content (AvgIpc) is 2.76. The Morgan fingerprint density at radius 2 is 1.50 bits per heavy atom. The van der Waals surface area contributed by atoms with Crippen molar-refractivity contribution < 1.29 is 40.5 Å². The van der Waals surface area contributed by atoms with Gasteiger partial charge in [-0.15, -0.1) is 0 Å². The van der Waals surface area contributed by atoms with E-state index < -0.39 is 49.3 Å². The van der Waals surface area contributed by atoms with Crippen LogP contribution < -0.4 is 14.1 Å². The largest absolute Gasteiger partial charge is 0.462 e. The van der Waals surface area contributed by atoms with Gasteiger partial charge in [0, 0.05) is 6.54 Å². The summed E-state index contributed by atoms with van der Waals surface area (Å²) in [6, 6.07) is 6.73. The van der Waals surface area contributed by atoms with E-state index in [0.717, 1.165) is 24.8 Å². The summed E-state index contributed by atoms with van der Waals surface area (Å²) in [5.74, 6) is -12.5. The molecule has 1 atom stereocenters. The van der Waals surface area contributed by atoms with Crippen LogP contribution in [-0.2, 0) is 14.9 Å². The van der Waals surface area contributed by atoms with E-state index in [1.807, 2.05) is 20.8 Å². The first-order valence-corrected chi connectivity index (χ1v) is 11.9. The molecule has 0 bridgehead atoms. The van der Waals surface area contributed by atoms with Crippen molar-refractivity contribution in [3.05, 3.63) is 58.9 Å². The third-order valence-corrected chi connectivity index (χ3v) is 6.38. The Labute approximate surface area is 195 Å². The summed E-state index contributed by atoms with van der Waals surface area (Å²) in [5.41, 5.74) is 0.838. The van der Waals surface area contributed by atoms with Crippen LogP contribution in [0.25, 0.3) is 0 Å². The van der Waals surface area contributed by atoms with E-state index in [0.29, 0.717) is 0 Å². The second-order valence-electron chi connectivity index (χ2n) is 8.81. The number of esters is 1. The van der Waals surface area contributed by atoms with Crippen LogP contribution in [0.5, 0.6) is 11.5 Å². The first-order chi connectivity index (χ1) is 16.0. The molecule has 1 fully saturated rings. The fourth-order valence-corrected chi connectivity index (χ4v) is 4.03. The molecule has 2 aromatic carbocycles. The van der Waals surface area contributed by atoms with Crippen molar-refractivity contribution >= 4 is 14.5 Å². The Bertz CT molecular complexity index is 996. The average molecular weight is 505 g/mol. The van der Waals surface area contributed by atoms with E-state index in [1.54, 1.807) is 24.3 Å². The molecule has 0 saturated heterocycles. The monoisotopic (exact) mass is 505 g/mol. The number of halogens is 5.